The van der Waals surface area contributed by atoms with Gasteiger partial charge in [0.2, 0.25) is 5.91 Å². The van der Waals surface area contributed by atoms with Crippen molar-refractivity contribution in [2.24, 2.45) is 5.92 Å². The lowest BCUT2D eigenvalue weighted by Gasteiger charge is -2.33. The second kappa shape index (κ2) is 6.71. The summed E-state index contributed by atoms with van der Waals surface area (Å²) in [6.45, 7) is 4.89. The molecule has 1 aromatic carbocycles. The molecule has 1 N–H and O–H groups in total. The Kier molecular flexibility index (Phi) is 4.97. The Morgan fingerprint density at radius 2 is 1.95 bits per heavy atom. The molecule has 0 radical (unpaired) electrons. The van der Waals surface area contributed by atoms with Crippen LogP contribution in [0.2, 0.25) is 0 Å². The first-order valence-electron chi connectivity index (χ1n) is 7.20. The fourth-order valence-corrected chi connectivity index (χ4v) is 2.80. The minimum absolute atomic E-state index is 0.0259. The smallest absolute Gasteiger partial charge is 0.229 e. The molecule has 1 aliphatic rings. The number of amides is 1. The summed E-state index contributed by atoms with van der Waals surface area (Å²) >= 11 is 0. The second-order valence-corrected chi connectivity index (χ2v) is 5.46. The molecule has 0 spiro atoms. The predicted octanol–water partition coefficient (Wildman–Crippen LogP) is 2.25. The third kappa shape index (κ3) is 3.57. The molecule has 104 valence electrons. The third-order valence-electron chi connectivity index (χ3n) is 4.09. The average molecular weight is 260 g/mol. The first-order chi connectivity index (χ1) is 9.22. The van der Waals surface area contributed by atoms with Gasteiger partial charge in [0.25, 0.3) is 0 Å². The molecule has 3 nitrogen and oxygen atoms in total. The van der Waals surface area contributed by atoms with Crippen molar-refractivity contribution in [3.8, 4) is 0 Å². The number of carbonyl (C=O) groups excluding carboxylic acids is 1. The molecule has 1 aliphatic heterocycles. The van der Waals surface area contributed by atoms with E-state index in [0.29, 0.717) is 0 Å². The fourth-order valence-electron chi connectivity index (χ4n) is 2.80. The van der Waals surface area contributed by atoms with Crippen LogP contribution in [0.15, 0.2) is 30.3 Å². The van der Waals surface area contributed by atoms with Gasteiger partial charge in [0, 0.05) is 13.1 Å². The molecule has 1 unspecified atom stereocenters. The number of benzene rings is 1. The van der Waals surface area contributed by atoms with E-state index in [0.717, 1.165) is 44.0 Å². The molecule has 0 aromatic heterocycles. The molecule has 0 aliphatic carbocycles. The van der Waals surface area contributed by atoms with Crippen LogP contribution in [-0.4, -0.2) is 37.5 Å². The predicted molar refractivity (Wildman–Crippen MR) is 78.1 cm³/mol. The summed E-state index contributed by atoms with van der Waals surface area (Å²) in [5.74, 6) is 0.970. The molecule has 1 saturated heterocycles. The van der Waals surface area contributed by atoms with Crippen LogP contribution in [0.1, 0.15) is 31.2 Å². The Morgan fingerprint density at radius 1 is 1.32 bits per heavy atom. The molecule has 0 saturated carbocycles. The van der Waals surface area contributed by atoms with Crippen LogP contribution in [-0.2, 0) is 4.79 Å². The maximum atomic E-state index is 12.5. The van der Waals surface area contributed by atoms with E-state index in [2.05, 4.69) is 5.32 Å². The van der Waals surface area contributed by atoms with E-state index in [1.807, 2.05) is 49.2 Å². The largest absolute Gasteiger partial charge is 0.342 e. The first-order valence-corrected chi connectivity index (χ1v) is 7.20. The summed E-state index contributed by atoms with van der Waals surface area (Å²) in [7, 11) is 2.00. The molecule has 2 rings (SSSR count). The summed E-state index contributed by atoms with van der Waals surface area (Å²) in [6.07, 6.45) is 2.24. The number of nitrogens with zero attached hydrogens (tertiary/aromatic N) is 1. The normalized spacial score (nSPS) is 18.3. The quantitative estimate of drug-likeness (QED) is 0.900. The highest BCUT2D eigenvalue weighted by molar-refractivity contribution is 5.83. The van der Waals surface area contributed by atoms with Gasteiger partial charge in [0.15, 0.2) is 0 Å². The van der Waals surface area contributed by atoms with Crippen molar-refractivity contribution in [3.63, 3.8) is 0 Å². The van der Waals surface area contributed by atoms with E-state index in [-0.39, 0.29) is 11.8 Å². The molecule has 1 heterocycles. The summed E-state index contributed by atoms with van der Waals surface area (Å²) in [4.78, 5) is 14.5. The number of hydrogen-bond donors (Lipinski definition) is 1. The van der Waals surface area contributed by atoms with E-state index < -0.39 is 0 Å². The zero-order valence-corrected chi connectivity index (χ0v) is 11.9. The molecule has 1 atom stereocenters. The lowest BCUT2D eigenvalue weighted by Crippen LogP contribution is -2.42. The summed E-state index contributed by atoms with van der Waals surface area (Å²) in [6, 6.07) is 10.1. The van der Waals surface area contributed by atoms with Gasteiger partial charge in [-0.1, -0.05) is 30.3 Å². The van der Waals surface area contributed by atoms with E-state index in [1.54, 1.807) is 0 Å². The zero-order valence-electron chi connectivity index (χ0n) is 11.9. The van der Waals surface area contributed by atoms with Crippen LogP contribution < -0.4 is 5.32 Å². The number of hydrogen-bond acceptors (Lipinski definition) is 2. The van der Waals surface area contributed by atoms with Crippen LogP contribution in [0.4, 0.5) is 0 Å². The average Bonchev–Trinajstić information content (AvgIpc) is 2.48. The van der Waals surface area contributed by atoms with Crippen molar-refractivity contribution >= 4 is 5.91 Å². The van der Waals surface area contributed by atoms with Gasteiger partial charge >= 0.3 is 0 Å². The molecule has 1 fully saturated rings. The van der Waals surface area contributed by atoms with Crippen LogP contribution in [0, 0.1) is 5.92 Å². The SMILES string of the molecule is CNCC1CCN(C(=O)C(C)c2ccccc2)CC1. The molecule has 3 heteroatoms. The van der Waals surface area contributed by atoms with Crippen LogP contribution in [0.5, 0.6) is 0 Å². The standard InChI is InChI=1S/C16H24N2O/c1-13(15-6-4-3-5-7-15)16(19)18-10-8-14(9-11-18)12-17-2/h3-7,13-14,17H,8-12H2,1-2H3. The Hall–Kier alpha value is -1.35. The third-order valence-corrected chi connectivity index (χ3v) is 4.09. The van der Waals surface area contributed by atoms with E-state index in [4.69, 9.17) is 0 Å². The first kappa shape index (κ1) is 14.1. The lowest BCUT2D eigenvalue weighted by atomic mass is 9.94. The zero-order chi connectivity index (χ0) is 13.7. The minimum Gasteiger partial charge on any atom is -0.342 e. The van der Waals surface area contributed by atoms with Crippen molar-refractivity contribution in [2.45, 2.75) is 25.7 Å². The van der Waals surface area contributed by atoms with Crippen molar-refractivity contribution in [1.82, 2.24) is 10.2 Å². The molecular weight excluding hydrogens is 236 g/mol. The molecule has 1 amide bonds. The Balaban J connectivity index is 1.91. The maximum Gasteiger partial charge on any atom is 0.229 e. The monoisotopic (exact) mass is 260 g/mol. The van der Waals surface area contributed by atoms with Crippen LogP contribution in [0.3, 0.4) is 0 Å². The summed E-state index contributed by atoms with van der Waals surface area (Å²) in [5.41, 5.74) is 1.12. The van der Waals surface area contributed by atoms with Gasteiger partial charge in [-0.2, -0.15) is 0 Å². The van der Waals surface area contributed by atoms with Gasteiger partial charge in [0.1, 0.15) is 0 Å². The van der Waals surface area contributed by atoms with Crippen molar-refractivity contribution < 1.29 is 4.79 Å². The van der Waals surface area contributed by atoms with Crippen molar-refractivity contribution in [3.05, 3.63) is 35.9 Å². The summed E-state index contributed by atoms with van der Waals surface area (Å²) < 4.78 is 0. The molecule has 19 heavy (non-hydrogen) atoms. The highest BCUT2D eigenvalue weighted by Crippen LogP contribution is 2.22. The maximum absolute atomic E-state index is 12.5. The minimum atomic E-state index is -0.0259. The Morgan fingerprint density at radius 3 is 2.53 bits per heavy atom. The van der Waals surface area contributed by atoms with Gasteiger partial charge in [-0.05, 0) is 44.8 Å². The van der Waals surface area contributed by atoms with Gasteiger partial charge in [0.05, 0.1) is 5.92 Å². The van der Waals surface area contributed by atoms with E-state index in [1.165, 1.54) is 0 Å². The molecule has 0 bridgehead atoms. The van der Waals surface area contributed by atoms with E-state index >= 15 is 0 Å². The number of piperidine rings is 1. The highest BCUT2D eigenvalue weighted by atomic mass is 16.2. The summed E-state index contributed by atoms with van der Waals surface area (Å²) in [5, 5.41) is 3.23. The fraction of sp³-hybridized carbons (Fsp3) is 0.562. The number of likely N-dealkylation sites (tertiary alicyclic amines) is 1. The van der Waals surface area contributed by atoms with Crippen molar-refractivity contribution in [2.75, 3.05) is 26.7 Å². The number of carbonyl (C=O) groups is 1. The topological polar surface area (TPSA) is 32.3 Å². The number of rotatable bonds is 4. The molecule has 1 aromatic rings. The number of nitrogens with one attached hydrogen (secondary N) is 1. The highest BCUT2D eigenvalue weighted by Gasteiger charge is 2.26. The van der Waals surface area contributed by atoms with Crippen LogP contribution >= 0.6 is 0 Å². The Labute approximate surface area is 116 Å². The molecular formula is C16H24N2O. The van der Waals surface area contributed by atoms with Gasteiger partial charge in [-0.15, -0.1) is 0 Å². The van der Waals surface area contributed by atoms with Gasteiger partial charge in [-0.25, -0.2) is 0 Å². The van der Waals surface area contributed by atoms with Gasteiger partial charge in [-0.3, -0.25) is 4.79 Å². The van der Waals surface area contributed by atoms with Gasteiger partial charge < -0.3 is 10.2 Å². The van der Waals surface area contributed by atoms with Crippen molar-refractivity contribution in [1.29, 1.82) is 0 Å². The lowest BCUT2D eigenvalue weighted by molar-refractivity contribution is -0.133. The van der Waals surface area contributed by atoms with Crippen LogP contribution in [0.25, 0.3) is 0 Å². The second-order valence-electron chi connectivity index (χ2n) is 5.46. The Bertz CT molecular complexity index is 396. The van der Waals surface area contributed by atoms with E-state index in [9.17, 15) is 4.79 Å².